The highest BCUT2D eigenvalue weighted by molar-refractivity contribution is 6.47. The van der Waals surface area contributed by atoms with Crippen LogP contribution in [0, 0.1) is 5.82 Å². The summed E-state index contributed by atoms with van der Waals surface area (Å²) in [6.45, 7) is 7.06. The minimum absolute atomic E-state index is 0.0370. The molecule has 4 rings (SSSR count). The third-order valence-corrected chi connectivity index (χ3v) is 6.68. The summed E-state index contributed by atoms with van der Waals surface area (Å²) in [7, 11) is 1.45. The average molecular weight is 607 g/mol. The van der Waals surface area contributed by atoms with Crippen molar-refractivity contribution in [2.24, 2.45) is 15.9 Å². The highest BCUT2D eigenvalue weighted by atomic mass is 35.5. The summed E-state index contributed by atoms with van der Waals surface area (Å²) in [6.07, 6.45) is 2.79. The summed E-state index contributed by atoms with van der Waals surface area (Å²) >= 11 is 6.39. The van der Waals surface area contributed by atoms with E-state index in [1.54, 1.807) is 40.0 Å². The minimum Gasteiger partial charge on any atom is -0.488 e. The van der Waals surface area contributed by atoms with Crippen LogP contribution in [0.2, 0.25) is 5.02 Å². The fourth-order valence-corrected chi connectivity index (χ4v) is 4.63. The Hall–Kier alpha value is -3.91. The monoisotopic (exact) mass is 606 g/mol. The number of halogens is 3. The van der Waals surface area contributed by atoms with Crippen LogP contribution in [0.5, 0.6) is 5.75 Å². The molecule has 1 fully saturated rings. The molecule has 12 nitrogen and oxygen atoms in total. The number of carbonyl (C=O) groups excluding carboxylic acids is 1. The number of pyridine rings is 1. The summed E-state index contributed by atoms with van der Waals surface area (Å²) < 4.78 is 46.8. The lowest BCUT2D eigenvalue weighted by Crippen LogP contribution is -2.48. The number of carbonyl (C=O) groups is 1. The molecule has 42 heavy (non-hydrogen) atoms. The van der Waals surface area contributed by atoms with Crippen molar-refractivity contribution >= 4 is 34.6 Å². The molecule has 3 atom stereocenters. The van der Waals surface area contributed by atoms with Gasteiger partial charge in [-0.1, -0.05) is 11.6 Å². The predicted octanol–water partition coefficient (Wildman–Crippen LogP) is 4.15. The van der Waals surface area contributed by atoms with E-state index in [1.807, 2.05) is 0 Å². The molecule has 0 aliphatic carbocycles. The second-order valence-electron chi connectivity index (χ2n) is 10.7. The van der Waals surface area contributed by atoms with Crippen molar-refractivity contribution in [3.05, 3.63) is 53.1 Å². The number of likely N-dealkylation sites (tertiary alicyclic amines) is 1. The zero-order valence-corrected chi connectivity index (χ0v) is 24.7. The van der Waals surface area contributed by atoms with E-state index in [2.05, 4.69) is 25.2 Å². The van der Waals surface area contributed by atoms with Gasteiger partial charge in [-0.3, -0.25) is 4.99 Å². The maximum Gasteiger partial charge on any atom is 0.410 e. The standard InChI is InChI=1S/C27H33ClF2N8O4/c1-15(35-20-6-7-37(13-19(20)30)26(39)42-27(2,3)4)23(36-31)16-8-21(24-18(28)11-34-38(24)12-16)41-14-22(40-5)25-32-9-17(29)10-33-25/h8-12,19-20,22H,6-7,13-14,31H2,1-5H3/b35-15?,36-23+/t19-,20+,22?/m0/s1. The fourth-order valence-electron chi connectivity index (χ4n) is 4.41. The van der Waals surface area contributed by atoms with E-state index in [9.17, 15) is 9.18 Å². The number of hydrogen-bond acceptors (Lipinski definition) is 10. The van der Waals surface area contributed by atoms with E-state index in [1.165, 1.54) is 22.7 Å². The molecule has 15 heteroatoms. The summed E-state index contributed by atoms with van der Waals surface area (Å²) in [4.78, 5) is 26.2. The van der Waals surface area contributed by atoms with Crippen LogP contribution in [0.3, 0.4) is 0 Å². The van der Waals surface area contributed by atoms with Crippen LogP contribution in [0.4, 0.5) is 13.6 Å². The van der Waals surface area contributed by atoms with E-state index in [0.29, 0.717) is 40.5 Å². The SMILES string of the molecule is COC(COc1cc(/C(=N/N)C(C)=N[C@@H]2CCN(C(=O)OC(C)(C)C)C[C@@H]2F)cn2ncc(Cl)c12)c1ncc(F)cn1. The van der Waals surface area contributed by atoms with Crippen LogP contribution in [0.15, 0.2) is 40.9 Å². The number of nitrogens with zero attached hydrogens (tertiary/aromatic N) is 7. The molecular formula is C27H33ClF2N8O4. The molecule has 0 radical (unpaired) electrons. The molecule has 0 aromatic carbocycles. The Labute approximate surface area is 246 Å². The molecule has 1 saturated heterocycles. The van der Waals surface area contributed by atoms with Crippen molar-refractivity contribution in [2.75, 3.05) is 26.8 Å². The van der Waals surface area contributed by atoms with Gasteiger partial charge in [-0.05, 0) is 40.2 Å². The van der Waals surface area contributed by atoms with E-state index in [4.69, 9.17) is 31.7 Å². The van der Waals surface area contributed by atoms with Crippen LogP contribution in [0.25, 0.3) is 5.52 Å². The van der Waals surface area contributed by atoms with Gasteiger partial charge in [-0.25, -0.2) is 28.1 Å². The number of amides is 1. The van der Waals surface area contributed by atoms with E-state index >= 15 is 4.39 Å². The quantitative estimate of drug-likeness (QED) is 0.229. The second kappa shape index (κ2) is 12.9. The largest absolute Gasteiger partial charge is 0.488 e. The van der Waals surface area contributed by atoms with Gasteiger partial charge in [0.2, 0.25) is 0 Å². The van der Waals surface area contributed by atoms with Gasteiger partial charge in [-0.15, -0.1) is 0 Å². The van der Waals surface area contributed by atoms with Crippen molar-refractivity contribution in [3.8, 4) is 5.75 Å². The topological polar surface area (TPSA) is 142 Å². The van der Waals surface area contributed by atoms with E-state index < -0.39 is 35.8 Å². The van der Waals surface area contributed by atoms with Gasteiger partial charge in [0.25, 0.3) is 0 Å². The van der Waals surface area contributed by atoms with Gasteiger partial charge in [0.05, 0.1) is 41.9 Å². The van der Waals surface area contributed by atoms with E-state index in [0.717, 1.165) is 12.4 Å². The summed E-state index contributed by atoms with van der Waals surface area (Å²) in [6, 6.07) is 0.946. The zero-order chi connectivity index (χ0) is 30.6. The first kappa shape index (κ1) is 31.0. The minimum atomic E-state index is -1.41. The van der Waals surface area contributed by atoms with Gasteiger partial charge >= 0.3 is 6.09 Å². The summed E-state index contributed by atoms with van der Waals surface area (Å²) in [5, 5.41) is 8.52. The lowest BCUT2D eigenvalue weighted by Gasteiger charge is -2.34. The molecule has 1 aliphatic rings. The molecule has 1 aliphatic heterocycles. The molecule has 4 heterocycles. The predicted molar refractivity (Wildman–Crippen MR) is 152 cm³/mol. The van der Waals surface area contributed by atoms with Crippen molar-refractivity contribution < 1.29 is 27.8 Å². The molecule has 0 bridgehead atoms. The number of fused-ring (bicyclic) bond motifs is 1. The first-order valence-corrected chi connectivity index (χ1v) is 13.5. The Morgan fingerprint density at radius 3 is 2.62 bits per heavy atom. The van der Waals surface area contributed by atoms with Crippen molar-refractivity contribution in [1.82, 2.24) is 24.5 Å². The number of aliphatic imine (C=N–C) groups is 1. The maximum absolute atomic E-state index is 15.1. The number of rotatable bonds is 8. The first-order chi connectivity index (χ1) is 19.9. The van der Waals surface area contributed by atoms with Crippen LogP contribution < -0.4 is 10.6 Å². The summed E-state index contributed by atoms with van der Waals surface area (Å²) in [5.74, 6) is 5.76. The number of alkyl halides is 1. The molecule has 1 amide bonds. The number of hydrazone groups is 1. The molecule has 3 aromatic rings. The average Bonchev–Trinajstić information content (AvgIpc) is 3.31. The van der Waals surface area contributed by atoms with Gasteiger partial charge in [0.1, 0.15) is 35.4 Å². The second-order valence-corrected chi connectivity index (χ2v) is 11.1. The number of hydrogen-bond donors (Lipinski definition) is 1. The van der Waals surface area contributed by atoms with Crippen molar-refractivity contribution in [1.29, 1.82) is 0 Å². The zero-order valence-electron chi connectivity index (χ0n) is 23.9. The number of ether oxygens (including phenoxy) is 3. The Morgan fingerprint density at radius 1 is 1.29 bits per heavy atom. The molecule has 1 unspecified atom stereocenters. The van der Waals surface area contributed by atoms with Crippen LogP contribution in [0.1, 0.15) is 51.6 Å². The molecule has 2 N–H and O–H groups in total. The Kier molecular flexibility index (Phi) is 9.57. The molecular weight excluding hydrogens is 574 g/mol. The Morgan fingerprint density at radius 2 is 2.00 bits per heavy atom. The molecule has 3 aromatic heterocycles. The molecule has 0 saturated carbocycles. The smallest absolute Gasteiger partial charge is 0.410 e. The van der Waals surface area contributed by atoms with Crippen LogP contribution in [-0.4, -0.2) is 86.6 Å². The van der Waals surface area contributed by atoms with Crippen molar-refractivity contribution in [3.63, 3.8) is 0 Å². The first-order valence-electron chi connectivity index (χ1n) is 13.1. The van der Waals surface area contributed by atoms with Gasteiger partial charge in [-0.2, -0.15) is 10.2 Å². The van der Waals surface area contributed by atoms with Gasteiger partial charge < -0.3 is 25.0 Å². The van der Waals surface area contributed by atoms with Crippen molar-refractivity contribution in [2.45, 2.75) is 58.0 Å². The molecule has 226 valence electrons. The Bertz CT molecular complexity index is 1480. The van der Waals surface area contributed by atoms with Crippen LogP contribution in [-0.2, 0) is 9.47 Å². The molecule has 0 spiro atoms. The Balaban J connectivity index is 1.55. The maximum atomic E-state index is 15.1. The normalized spacial score (nSPS) is 19.2. The fraction of sp³-hybridized carbons (Fsp3) is 0.481. The highest BCUT2D eigenvalue weighted by Crippen LogP contribution is 2.30. The number of methoxy groups -OCH3 is 1. The van der Waals surface area contributed by atoms with Crippen LogP contribution >= 0.6 is 11.6 Å². The van der Waals surface area contributed by atoms with E-state index in [-0.39, 0.29) is 24.7 Å². The third-order valence-electron chi connectivity index (χ3n) is 6.40. The summed E-state index contributed by atoms with van der Waals surface area (Å²) in [5.41, 5.74) is 0.936. The third kappa shape index (κ3) is 7.29. The lowest BCUT2D eigenvalue weighted by molar-refractivity contribution is 0.0117. The number of piperidine rings is 1. The number of aromatic nitrogens is 4. The lowest BCUT2D eigenvalue weighted by atomic mass is 10.0. The highest BCUT2D eigenvalue weighted by Gasteiger charge is 2.34. The van der Waals surface area contributed by atoms with Gasteiger partial charge in [0, 0.05) is 25.4 Å². The van der Waals surface area contributed by atoms with Gasteiger partial charge in [0.15, 0.2) is 17.7 Å². The number of nitrogens with two attached hydrogens (primary N) is 1.